The molecule has 2 aromatic rings. The molecule has 1 N–H and O–H groups in total. The number of aromatic nitrogens is 2. The molecule has 4 heteroatoms. The molecule has 0 unspecified atom stereocenters. The Hall–Kier alpha value is -1.84. The van der Waals surface area contributed by atoms with E-state index in [0.717, 1.165) is 22.4 Å². The van der Waals surface area contributed by atoms with Gasteiger partial charge in [-0.25, -0.2) is 15.3 Å². The van der Waals surface area contributed by atoms with Crippen LogP contribution in [0, 0.1) is 0 Å². The molecular weight excluding hydrogens is 152 g/mol. The lowest BCUT2D eigenvalue weighted by molar-refractivity contribution is 1.30. The highest BCUT2D eigenvalue weighted by atomic mass is 15.0. The summed E-state index contributed by atoms with van der Waals surface area (Å²) < 4.78 is 0. The fraction of sp³-hybridized carbons (Fsp3) is 0. The third-order valence-corrected chi connectivity index (χ3v) is 1.92. The lowest BCUT2D eigenvalue weighted by atomic mass is 10.2. The average molecular weight is 157 g/mol. The second-order valence-electron chi connectivity index (χ2n) is 2.61. The van der Waals surface area contributed by atoms with Crippen molar-refractivity contribution < 1.29 is 0 Å². The van der Waals surface area contributed by atoms with Gasteiger partial charge in [0.15, 0.2) is 0 Å². The lowest BCUT2D eigenvalue weighted by Gasteiger charge is -1.95. The number of hydrogen-bond acceptors (Lipinski definition) is 2. The summed E-state index contributed by atoms with van der Waals surface area (Å²) in [7, 11) is 0. The minimum absolute atomic E-state index is 0.849. The van der Waals surface area contributed by atoms with Crippen LogP contribution in [-0.4, -0.2) is 16.3 Å². The number of fused-ring (bicyclic) bond motifs is 3. The van der Waals surface area contributed by atoms with Gasteiger partial charge in [-0.05, 0) is 6.07 Å². The number of nitrogens with one attached hydrogen (secondary N) is 1. The molecule has 0 fully saturated rings. The Labute approximate surface area is 68.3 Å². The minimum Gasteiger partial charge on any atom is -0.346 e. The first-order chi connectivity index (χ1) is 5.95. The topological polar surface area (TPSA) is 55.1 Å². The monoisotopic (exact) mass is 157 g/mol. The molecular formula is C8H5N4. The van der Waals surface area contributed by atoms with E-state index in [4.69, 9.17) is 0 Å². The fourth-order valence-electron chi connectivity index (χ4n) is 1.36. The molecule has 3 rings (SSSR count). The van der Waals surface area contributed by atoms with Gasteiger partial charge in [0.1, 0.15) is 23.4 Å². The highest BCUT2D eigenvalue weighted by Gasteiger charge is 2.12. The number of rotatable bonds is 0. The number of aromatic amines is 1. The standard InChI is InChI=1S/C8H5N4/c1-2-9-8-5(1)7-6(3-10-8)11-4-12-7/h1-4H,(H,9,10). The van der Waals surface area contributed by atoms with E-state index in [2.05, 4.69) is 20.3 Å². The third kappa shape index (κ3) is 0.567. The van der Waals surface area contributed by atoms with Crippen LogP contribution in [0.5, 0.6) is 0 Å². The van der Waals surface area contributed by atoms with Gasteiger partial charge in [0.25, 0.3) is 0 Å². The summed E-state index contributed by atoms with van der Waals surface area (Å²) in [5.74, 6) is 0. The van der Waals surface area contributed by atoms with Crippen molar-refractivity contribution in [2.45, 2.75) is 0 Å². The van der Waals surface area contributed by atoms with Crippen LogP contribution >= 0.6 is 0 Å². The Morgan fingerprint density at radius 2 is 2.33 bits per heavy atom. The second-order valence-corrected chi connectivity index (χ2v) is 2.61. The number of pyridine rings is 1. The average Bonchev–Trinajstić information content (AvgIpc) is 2.71. The van der Waals surface area contributed by atoms with E-state index in [9.17, 15) is 0 Å². The summed E-state index contributed by atoms with van der Waals surface area (Å²) in [5.41, 5.74) is 2.63. The highest BCUT2D eigenvalue weighted by molar-refractivity contribution is 5.99. The van der Waals surface area contributed by atoms with Crippen LogP contribution in [0.2, 0.25) is 0 Å². The molecule has 1 radical (unpaired) electrons. The first-order valence-electron chi connectivity index (χ1n) is 3.64. The summed E-state index contributed by atoms with van der Waals surface area (Å²) in [6.07, 6.45) is 5.13. The van der Waals surface area contributed by atoms with Gasteiger partial charge >= 0.3 is 0 Å². The quantitative estimate of drug-likeness (QED) is 0.618. The second kappa shape index (κ2) is 1.85. The SMILES string of the molecule is C1=Nc2cnc3[nH]ccc3c2[N]1. The van der Waals surface area contributed by atoms with Crippen LogP contribution in [-0.2, 0) is 0 Å². The molecule has 0 saturated heterocycles. The predicted octanol–water partition coefficient (Wildman–Crippen LogP) is 1.47. The normalized spacial score (nSPS) is 13.3. The van der Waals surface area contributed by atoms with E-state index in [-0.39, 0.29) is 0 Å². The first kappa shape index (κ1) is 5.77. The fourth-order valence-corrected chi connectivity index (χ4v) is 1.36. The molecule has 0 spiro atoms. The molecule has 0 aliphatic carbocycles. The van der Waals surface area contributed by atoms with Crippen molar-refractivity contribution >= 4 is 28.7 Å². The van der Waals surface area contributed by atoms with Crippen molar-refractivity contribution in [3.8, 4) is 0 Å². The van der Waals surface area contributed by atoms with Crippen LogP contribution in [0.3, 0.4) is 0 Å². The zero-order valence-corrected chi connectivity index (χ0v) is 6.15. The van der Waals surface area contributed by atoms with Crippen molar-refractivity contribution in [1.82, 2.24) is 15.3 Å². The van der Waals surface area contributed by atoms with Crippen LogP contribution in [0.1, 0.15) is 0 Å². The number of hydrogen-bond donors (Lipinski definition) is 1. The van der Waals surface area contributed by atoms with Gasteiger partial charge in [-0.3, -0.25) is 0 Å². The smallest absolute Gasteiger partial charge is 0.139 e. The summed E-state index contributed by atoms with van der Waals surface area (Å²) in [6.45, 7) is 0. The zero-order chi connectivity index (χ0) is 7.97. The highest BCUT2D eigenvalue weighted by Crippen LogP contribution is 2.33. The maximum atomic E-state index is 4.18. The Morgan fingerprint density at radius 3 is 3.33 bits per heavy atom. The van der Waals surface area contributed by atoms with Gasteiger partial charge in [0.05, 0.1) is 6.20 Å². The van der Waals surface area contributed by atoms with Crippen LogP contribution in [0.25, 0.3) is 11.0 Å². The maximum absolute atomic E-state index is 4.18. The summed E-state index contributed by atoms with van der Waals surface area (Å²) in [6, 6.07) is 1.96. The maximum Gasteiger partial charge on any atom is 0.139 e. The van der Waals surface area contributed by atoms with Crippen molar-refractivity contribution in [2.75, 3.05) is 0 Å². The number of aliphatic imine (C=N–C) groups is 1. The zero-order valence-electron chi connectivity index (χ0n) is 6.15. The van der Waals surface area contributed by atoms with E-state index >= 15 is 0 Å². The Balaban J connectivity index is 2.49. The number of H-pyrrole nitrogens is 1. The van der Waals surface area contributed by atoms with E-state index < -0.39 is 0 Å². The van der Waals surface area contributed by atoms with Crippen molar-refractivity contribution in [3.63, 3.8) is 0 Å². The summed E-state index contributed by atoms with van der Waals surface area (Å²) >= 11 is 0. The van der Waals surface area contributed by atoms with E-state index in [1.807, 2.05) is 12.3 Å². The molecule has 0 saturated carbocycles. The van der Waals surface area contributed by atoms with Gasteiger partial charge in [-0.15, -0.1) is 0 Å². The van der Waals surface area contributed by atoms with Gasteiger partial charge in [-0.1, -0.05) is 0 Å². The molecule has 0 aromatic carbocycles. The van der Waals surface area contributed by atoms with E-state index in [1.54, 1.807) is 12.5 Å². The van der Waals surface area contributed by atoms with Crippen LogP contribution in [0.4, 0.5) is 11.4 Å². The van der Waals surface area contributed by atoms with Gasteiger partial charge in [-0.2, -0.15) is 0 Å². The molecule has 3 heterocycles. The Bertz CT molecular complexity index is 469. The Morgan fingerprint density at radius 1 is 1.33 bits per heavy atom. The van der Waals surface area contributed by atoms with Crippen molar-refractivity contribution in [2.24, 2.45) is 4.99 Å². The van der Waals surface area contributed by atoms with E-state index in [1.165, 1.54) is 0 Å². The largest absolute Gasteiger partial charge is 0.346 e. The van der Waals surface area contributed by atoms with E-state index in [0.29, 0.717) is 0 Å². The Kier molecular flexibility index (Phi) is 0.889. The van der Waals surface area contributed by atoms with Gasteiger partial charge in [0.2, 0.25) is 0 Å². The molecule has 1 aliphatic heterocycles. The summed E-state index contributed by atoms with van der Waals surface area (Å²) in [4.78, 5) is 11.3. The molecule has 4 nitrogen and oxygen atoms in total. The van der Waals surface area contributed by atoms with Crippen molar-refractivity contribution in [1.29, 1.82) is 0 Å². The predicted molar refractivity (Wildman–Crippen MR) is 46.0 cm³/mol. The van der Waals surface area contributed by atoms with Gasteiger partial charge < -0.3 is 4.98 Å². The van der Waals surface area contributed by atoms with Crippen molar-refractivity contribution in [3.05, 3.63) is 18.5 Å². The molecule has 1 aliphatic rings. The molecule has 0 bridgehead atoms. The molecule has 57 valence electrons. The van der Waals surface area contributed by atoms with Crippen LogP contribution < -0.4 is 5.32 Å². The molecule has 2 aromatic heterocycles. The lowest BCUT2D eigenvalue weighted by Crippen LogP contribution is -1.86. The van der Waals surface area contributed by atoms with Crippen LogP contribution in [0.15, 0.2) is 23.5 Å². The molecule has 0 amide bonds. The minimum atomic E-state index is 0.849. The first-order valence-corrected chi connectivity index (χ1v) is 3.64. The third-order valence-electron chi connectivity index (χ3n) is 1.92. The number of nitrogens with zero attached hydrogens (tertiary/aromatic N) is 3. The molecule has 12 heavy (non-hydrogen) atoms. The summed E-state index contributed by atoms with van der Waals surface area (Å²) in [5, 5.41) is 5.18. The molecule has 0 atom stereocenters. The van der Waals surface area contributed by atoms with Gasteiger partial charge in [0, 0.05) is 11.6 Å².